The predicted molar refractivity (Wildman–Crippen MR) is 117 cm³/mol. The van der Waals surface area contributed by atoms with E-state index in [4.69, 9.17) is 0 Å². The number of hydrogen-bond donors (Lipinski definition) is 2. The van der Waals surface area contributed by atoms with Gasteiger partial charge >= 0.3 is 0 Å². The van der Waals surface area contributed by atoms with Crippen LogP contribution in [-0.4, -0.2) is 72.2 Å². The second kappa shape index (κ2) is 7.62. The topological polar surface area (TPSA) is 103 Å². The van der Waals surface area contributed by atoms with Crippen LogP contribution in [0, 0.1) is 5.92 Å². The number of aromatic nitrogens is 7. The van der Waals surface area contributed by atoms with E-state index in [0.717, 1.165) is 60.6 Å². The van der Waals surface area contributed by atoms with Crippen LogP contribution in [0.15, 0.2) is 43.4 Å². The highest BCUT2D eigenvalue weighted by molar-refractivity contribution is 5.73. The molecular formula is C21H24N10. The molecule has 0 spiro atoms. The smallest absolute Gasteiger partial charge is 0.225 e. The van der Waals surface area contributed by atoms with Crippen LogP contribution in [0.25, 0.3) is 16.9 Å². The van der Waals surface area contributed by atoms with Crippen molar-refractivity contribution in [2.45, 2.75) is 12.8 Å². The average Bonchev–Trinajstić information content (AvgIpc) is 3.26. The molecule has 158 valence electrons. The molecule has 0 radical (unpaired) electrons. The van der Waals surface area contributed by atoms with Crippen LogP contribution in [-0.2, 0) is 0 Å². The number of fused-ring (bicyclic) bond motifs is 1. The van der Waals surface area contributed by atoms with Crippen LogP contribution in [0.1, 0.15) is 12.8 Å². The quantitative estimate of drug-likeness (QED) is 0.493. The minimum Gasteiger partial charge on any atom is -0.338 e. The summed E-state index contributed by atoms with van der Waals surface area (Å²) in [5.74, 6) is 2.38. The molecule has 4 aromatic heterocycles. The molecule has 2 fully saturated rings. The average molecular weight is 416 g/mol. The van der Waals surface area contributed by atoms with Crippen LogP contribution >= 0.6 is 0 Å². The summed E-state index contributed by atoms with van der Waals surface area (Å²) >= 11 is 0. The summed E-state index contributed by atoms with van der Waals surface area (Å²) in [5, 5.41) is 10.2. The summed E-state index contributed by atoms with van der Waals surface area (Å²) in [7, 11) is 0. The Morgan fingerprint density at radius 2 is 1.81 bits per heavy atom. The Morgan fingerprint density at radius 1 is 0.968 bits per heavy atom. The fraction of sp³-hybridized carbons (Fsp3) is 0.381. The van der Waals surface area contributed by atoms with Crippen molar-refractivity contribution in [1.82, 2.24) is 39.4 Å². The van der Waals surface area contributed by atoms with Crippen molar-refractivity contribution >= 4 is 23.1 Å². The maximum atomic E-state index is 4.59. The Bertz CT molecular complexity index is 1150. The van der Waals surface area contributed by atoms with Gasteiger partial charge in [-0.1, -0.05) is 0 Å². The van der Waals surface area contributed by atoms with Crippen molar-refractivity contribution in [1.29, 1.82) is 0 Å². The van der Waals surface area contributed by atoms with E-state index < -0.39 is 0 Å². The fourth-order valence-corrected chi connectivity index (χ4v) is 4.09. The van der Waals surface area contributed by atoms with Crippen molar-refractivity contribution in [2.75, 3.05) is 42.9 Å². The van der Waals surface area contributed by atoms with Crippen molar-refractivity contribution in [3.05, 3.63) is 43.4 Å². The highest BCUT2D eigenvalue weighted by atomic mass is 15.3. The zero-order valence-corrected chi connectivity index (χ0v) is 17.1. The largest absolute Gasteiger partial charge is 0.338 e. The maximum Gasteiger partial charge on any atom is 0.225 e. The molecule has 0 unspecified atom stereocenters. The number of piperazine rings is 1. The van der Waals surface area contributed by atoms with E-state index in [2.05, 4.69) is 45.2 Å². The van der Waals surface area contributed by atoms with Gasteiger partial charge in [0.1, 0.15) is 0 Å². The van der Waals surface area contributed by atoms with Crippen molar-refractivity contribution < 1.29 is 0 Å². The third-order valence-corrected chi connectivity index (χ3v) is 5.99. The minimum atomic E-state index is 0.655. The van der Waals surface area contributed by atoms with Gasteiger partial charge in [-0.2, -0.15) is 5.10 Å². The lowest BCUT2D eigenvalue weighted by atomic mass is 10.2. The summed E-state index contributed by atoms with van der Waals surface area (Å²) in [6.07, 6.45) is 15.5. The van der Waals surface area contributed by atoms with Gasteiger partial charge in [0.2, 0.25) is 5.95 Å². The highest BCUT2D eigenvalue weighted by Crippen LogP contribution is 2.30. The lowest BCUT2D eigenvalue weighted by molar-refractivity contribution is 0.247. The van der Waals surface area contributed by atoms with Gasteiger partial charge in [0.15, 0.2) is 11.5 Å². The molecule has 4 aromatic rings. The van der Waals surface area contributed by atoms with Gasteiger partial charge in [-0.25, -0.2) is 19.9 Å². The summed E-state index contributed by atoms with van der Waals surface area (Å²) in [4.78, 5) is 23.0. The SMILES string of the molecule is c1cn2c(-c3cn[nH]c3)cnc(Nc3cnc(N4CCN(CC5CC5)CC4)nc3)c2n1. The molecule has 2 aliphatic rings. The second-order valence-corrected chi connectivity index (χ2v) is 8.23. The zero-order chi connectivity index (χ0) is 20.6. The third kappa shape index (κ3) is 3.70. The van der Waals surface area contributed by atoms with Gasteiger partial charge in [-0.05, 0) is 18.8 Å². The number of nitrogens with one attached hydrogen (secondary N) is 2. The molecular weight excluding hydrogens is 392 g/mol. The summed E-state index contributed by atoms with van der Waals surface area (Å²) in [6, 6.07) is 0. The molecule has 1 saturated carbocycles. The lowest BCUT2D eigenvalue weighted by Gasteiger charge is -2.34. The Kier molecular flexibility index (Phi) is 4.49. The Morgan fingerprint density at radius 3 is 2.55 bits per heavy atom. The monoisotopic (exact) mass is 416 g/mol. The number of H-pyrrole nitrogens is 1. The summed E-state index contributed by atoms with van der Waals surface area (Å²) in [6.45, 7) is 5.39. The van der Waals surface area contributed by atoms with Crippen LogP contribution in [0.3, 0.4) is 0 Å². The number of anilines is 3. The van der Waals surface area contributed by atoms with Gasteiger partial charge in [0.25, 0.3) is 0 Å². The number of hydrogen-bond acceptors (Lipinski definition) is 8. The van der Waals surface area contributed by atoms with Crippen LogP contribution in [0.5, 0.6) is 0 Å². The van der Waals surface area contributed by atoms with Gasteiger partial charge in [-0.15, -0.1) is 0 Å². The molecule has 1 aliphatic carbocycles. The van der Waals surface area contributed by atoms with E-state index in [-0.39, 0.29) is 0 Å². The van der Waals surface area contributed by atoms with Crippen LogP contribution < -0.4 is 10.2 Å². The normalized spacial score (nSPS) is 17.4. The van der Waals surface area contributed by atoms with Crippen molar-refractivity contribution in [2.24, 2.45) is 5.92 Å². The van der Waals surface area contributed by atoms with E-state index in [9.17, 15) is 0 Å². The molecule has 0 bridgehead atoms. The lowest BCUT2D eigenvalue weighted by Crippen LogP contribution is -2.47. The number of rotatable bonds is 6. The molecule has 6 rings (SSSR count). The maximum absolute atomic E-state index is 4.59. The first-order valence-electron chi connectivity index (χ1n) is 10.7. The fourth-order valence-electron chi connectivity index (χ4n) is 4.09. The standard InChI is InChI=1S/C21H24N10/c1-2-15(1)14-29-5-7-30(8-6-29)21-24-11-17(12-25-21)28-19-20-22-3-4-31(20)18(13-23-19)16-9-26-27-10-16/h3-4,9-13,15H,1-2,5-8,14H2,(H,23,28)(H,26,27). The van der Waals surface area contributed by atoms with Crippen LogP contribution in [0.2, 0.25) is 0 Å². The predicted octanol–water partition coefficient (Wildman–Crippen LogP) is 2.18. The summed E-state index contributed by atoms with van der Waals surface area (Å²) in [5.41, 5.74) is 3.38. The number of nitrogens with zero attached hydrogens (tertiary/aromatic N) is 8. The highest BCUT2D eigenvalue weighted by Gasteiger charge is 2.26. The van der Waals surface area contributed by atoms with E-state index >= 15 is 0 Å². The summed E-state index contributed by atoms with van der Waals surface area (Å²) < 4.78 is 1.98. The molecule has 1 aliphatic heterocycles. The van der Waals surface area contributed by atoms with E-state index in [0.29, 0.717) is 5.82 Å². The van der Waals surface area contributed by atoms with Crippen molar-refractivity contribution in [3.63, 3.8) is 0 Å². The first-order chi connectivity index (χ1) is 15.3. The number of aromatic amines is 1. The van der Waals surface area contributed by atoms with E-state index in [1.807, 2.05) is 29.2 Å². The molecule has 5 heterocycles. The third-order valence-electron chi connectivity index (χ3n) is 5.99. The molecule has 1 saturated heterocycles. The molecule has 2 N–H and O–H groups in total. The molecule has 0 atom stereocenters. The van der Waals surface area contributed by atoms with Crippen LogP contribution in [0.4, 0.5) is 17.5 Å². The van der Waals surface area contributed by atoms with Gasteiger partial charge < -0.3 is 10.2 Å². The van der Waals surface area contributed by atoms with E-state index in [1.54, 1.807) is 18.6 Å². The molecule has 31 heavy (non-hydrogen) atoms. The Hall–Kier alpha value is -3.53. The molecule has 10 heteroatoms. The Balaban J connectivity index is 1.16. The second-order valence-electron chi connectivity index (χ2n) is 8.23. The van der Waals surface area contributed by atoms with Gasteiger partial charge in [0, 0.05) is 56.9 Å². The first-order valence-corrected chi connectivity index (χ1v) is 10.7. The van der Waals surface area contributed by atoms with E-state index in [1.165, 1.54) is 19.4 Å². The Labute approximate surface area is 179 Å². The zero-order valence-electron chi connectivity index (χ0n) is 17.1. The first kappa shape index (κ1) is 18.3. The van der Waals surface area contributed by atoms with Gasteiger partial charge in [-0.3, -0.25) is 14.4 Å². The van der Waals surface area contributed by atoms with Gasteiger partial charge in [0.05, 0.1) is 36.2 Å². The molecule has 0 amide bonds. The minimum absolute atomic E-state index is 0.655. The molecule has 0 aromatic carbocycles. The molecule has 10 nitrogen and oxygen atoms in total. The number of imidazole rings is 1. The van der Waals surface area contributed by atoms with Crippen molar-refractivity contribution in [3.8, 4) is 11.3 Å².